The van der Waals surface area contributed by atoms with Crippen molar-refractivity contribution in [2.24, 2.45) is 0 Å². The normalized spacial score (nSPS) is 16.5. The molecule has 1 fully saturated rings. The third kappa shape index (κ3) is 4.48. The van der Waals surface area contributed by atoms with Gasteiger partial charge in [-0.15, -0.1) is 0 Å². The zero-order valence-electron chi connectivity index (χ0n) is 11.9. The van der Waals surface area contributed by atoms with Gasteiger partial charge in [-0.25, -0.2) is 0 Å². The van der Waals surface area contributed by atoms with Crippen LogP contribution in [0.4, 0.5) is 0 Å². The maximum atomic E-state index is 6.09. The van der Waals surface area contributed by atoms with Crippen molar-refractivity contribution in [2.75, 3.05) is 19.8 Å². The fourth-order valence-electron chi connectivity index (χ4n) is 2.19. The van der Waals surface area contributed by atoms with Gasteiger partial charge in [0, 0.05) is 25.1 Å². The van der Waals surface area contributed by atoms with E-state index in [0.717, 1.165) is 62.7 Å². The van der Waals surface area contributed by atoms with Gasteiger partial charge in [-0.3, -0.25) is 4.98 Å². The van der Waals surface area contributed by atoms with Crippen molar-refractivity contribution in [1.29, 1.82) is 0 Å². The standard InChI is InChI=1S/C15H24N2O2/c1-3-8-16-11-14-15(5-4-12(2)17-14)19-13-6-9-18-10-7-13/h4-5,13,16H,3,6-11H2,1-2H3. The highest BCUT2D eigenvalue weighted by atomic mass is 16.5. The molecular formula is C15H24N2O2. The first-order valence-electron chi connectivity index (χ1n) is 7.21. The molecule has 0 saturated carbocycles. The molecule has 1 aliphatic rings. The summed E-state index contributed by atoms with van der Waals surface area (Å²) in [6, 6.07) is 4.05. The van der Waals surface area contributed by atoms with Crippen LogP contribution < -0.4 is 10.1 Å². The average Bonchev–Trinajstić information content (AvgIpc) is 2.43. The molecule has 4 nitrogen and oxygen atoms in total. The highest BCUT2D eigenvalue weighted by Gasteiger charge is 2.17. The number of aryl methyl sites for hydroxylation is 1. The van der Waals surface area contributed by atoms with E-state index in [-0.39, 0.29) is 6.10 Å². The van der Waals surface area contributed by atoms with E-state index in [1.807, 2.05) is 19.1 Å². The largest absolute Gasteiger partial charge is 0.488 e. The van der Waals surface area contributed by atoms with Crippen molar-refractivity contribution in [2.45, 2.75) is 45.8 Å². The van der Waals surface area contributed by atoms with Gasteiger partial charge in [0.2, 0.25) is 0 Å². The Morgan fingerprint density at radius 1 is 1.37 bits per heavy atom. The second kappa shape index (κ2) is 7.46. The van der Waals surface area contributed by atoms with Crippen LogP contribution in [0.2, 0.25) is 0 Å². The zero-order chi connectivity index (χ0) is 13.5. The smallest absolute Gasteiger partial charge is 0.142 e. The van der Waals surface area contributed by atoms with Crippen molar-refractivity contribution in [3.05, 3.63) is 23.5 Å². The van der Waals surface area contributed by atoms with Crippen LogP contribution in [0.3, 0.4) is 0 Å². The molecule has 0 bridgehead atoms. The monoisotopic (exact) mass is 264 g/mol. The lowest BCUT2D eigenvalue weighted by molar-refractivity contribution is 0.0249. The summed E-state index contributed by atoms with van der Waals surface area (Å²) in [4.78, 5) is 4.59. The number of hydrogen-bond acceptors (Lipinski definition) is 4. The number of nitrogens with zero attached hydrogens (tertiary/aromatic N) is 1. The molecule has 1 aliphatic heterocycles. The molecule has 1 aromatic heterocycles. The van der Waals surface area contributed by atoms with Crippen LogP contribution in [0, 0.1) is 6.92 Å². The Morgan fingerprint density at radius 3 is 2.89 bits per heavy atom. The zero-order valence-corrected chi connectivity index (χ0v) is 11.9. The minimum atomic E-state index is 0.267. The lowest BCUT2D eigenvalue weighted by Gasteiger charge is -2.24. The van der Waals surface area contributed by atoms with Crippen LogP contribution >= 0.6 is 0 Å². The Hall–Kier alpha value is -1.13. The molecule has 1 saturated heterocycles. The first kappa shape index (κ1) is 14.3. The summed E-state index contributed by atoms with van der Waals surface area (Å²) in [5.74, 6) is 0.918. The quantitative estimate of drug-likeness (QED) is 0.802. The van der Waals surface area contributed by atoms with Crippen LogP contribution in [0.1, 0.15) is 37.6 Å². The second-order valence-corrected chi connectivity index (χ2v) is 5.00. The highest BCUT2D eigenvalue weighted by Crippen LogP contribution is 2.21. The SMILES string of the molecule is CCCNCc1nc(C)ccc1OC1CCOCC1. The summed E-state index contributed by atoms with van der Waals surface area (Å²) >= 11 is 0. The Kier molecular flexibility index (Phi) is 5.61. The third-order valence-electron chi connectivity index (χ3n) is 3.25. The number of pyridine rings is 1. The molecule has 106 valence electrons. The van der Waals surface area contributed by atoms with Gasteiger partial charge in [0.15, 0.2) is 0 Å². The maximum absolute atomic E-state index is 6.09. The highest BCUT2D eigenvalue weighted by molar-refractivity contribution is 5.29. The first-order chi connectivity index (χ1) is 9.29. The van der Waals surface area contributed by atoms with Gasteiger partial charge in [-0.05, 0) is 32.0 Å². The number of ether oxygens (including phenoxy) is 2. The first-order valence-corrected chi connectivity index (χ1v) is 7.21. The van der Waals surface area contributed by atoms with Crippen LogP contribution in [-0.2, 0) is 11.3 Å². The molecule has 4 heteroatoms. The van der Waals surface area contributed by atoms with Gasteiger partial charge in [0.05, 0.1) is 18.9 Å². The summed E-state index contributed by atoms with van der Waals surface area (Å²) in [6.45, 7) is 7.55. The minimum Gasteiger partial charge on any atom is -0.488 e. The molecule has 0 amide bonds. The summed E-state index contributed by atoms with van der Waals surface area (Å²) in [7, 11) is 0. The molecule has 19 heavy (non-hydrogen) atoms. The van der Waals surface area contributed by atoms with Gasteiger partial charge in [0.1, 0.15) is 11.9 Å². The molecule has 1 aromatic rings. The van der Waals surface area contributed by atoms with E-state index in [1.165, 1.54) is 0 Å². The average molecular weight is 264 g/mol. The number of hydrogen-bond donors (Lipinski definition) is 1. The van der Waals surface area contributed by atoms with Gasteiger partial charge in [0.25, 0.3) is 0 Å². The molecule has 0 atom stereocenters. The number of rotatable bonds is 6. The molecule has 1 N–H and O–H groups in total. The molecule has 2 heterocycles. The Bertz CT molecular complexity index is 390. The Labute approximate surface area is 115 Å². The van der Waals surface area contributed by atoms with Gasteiger partial charge in [-0.2, -0.15) is 0 Å². The number of nitrogens with one attached hydrogen (secondary N) is 1. The van der Waals surface area contributed by atoms with Crippen LogP contribution in [0.5, 0.6) is 5.75 Å². The fourth-order valence-corrected chi connectivity index (χ4v) is 2.19. The van der Waals surface area contributed by atoms with Gasteiger partial charge >= 0.3 is 0 Å². The summed E-state index contributed by atoms with van der Waals surface area (Å²) in [6.07, 6.45) is 3.33. The molecule has 0 aromatic carbocycles. The summed E-state index contributed by atoms with van der Waals surface area (Å²) in [5, 5.41) is 3.39. The van der Waals surface area contributed by atoms with E-state index in [9.17, 15) is 0 Å². The minimum absolute atomic E-state index is 0.267. The maximum Gasteiger partial charge on any atom is 0.142 e. The summed E-state index contributed by atoms with van der Waals surface area (Å²) < 4.78 is 11.4. The van der Waals surface area contributed by atoms with Crippen molar-refractivity contribution < 1.29 is 9.47 Å². The van der Waals surface area contributed by atoms with Crippen molar-refractivity contribution in [1.82, 2.24) is 10.3 Å². The van der Waals surface area contributed by atoms with Gasteiger partial charge in [-0.1, -0.05) is 6.92 Å². The predicted molar refractivity (Wildman–Crippen MR) is 75.4 cm³/mol. The van der Waals surface area contributed by atoms with E-state index in [1.54, 1.807) is 0 Å². The van der Waals surface area contributed by atoms with E-state index >= 15 is 0 Å². The Balaban J connectivity index is 2.00. The van der Waals surface area contributed by atoms with Crippen LogP contribution in [-0.4, -0.2) is 30.8 Å². The van der Waals surface area contributed by atoms with Crippen molar-refractivity contribution in [3.63, 3.8) is 0 Å². The Morgan fingerprint density at radius 2 is 2.16 bits per heavy atom. The fraction of sp³-hybridized carbons (Fsp3) is 0.667. The molecular weight excluding hydrogens is 240 g/mol. The molecule has 0 unspecified atom stereocenters. The number of aromatic nitrogens is 1. The molecule has 0 aliphatic carbocycles. The van der Waals surface area contributed by atoms with Crippen molar-refractivity contribution >= 4 is 0 Å². The van der Waals surface area contributed by atoms with Crippen LogP contribution in [0.25, 0.3) is 0 Å². The molecule has 2 rings (SSSR count). The molecule has 0 spiro atoms. The summed E-state index contributed by atoms with van der Waals surface area (Å²) in [5.41, 5.74) is 2.05. The van der Waals surface area contributed by atoms with E-state index < -0.39 is 0 Å². The van der Waals surface area contributed by atoms with Crippen molar-refractivity contribution in [3.8, 4) is 5.75 Å². The van der Waals surface area contributed by atoms with E-state index in [0.29, 0.717) is 0 Å². The van der Waals surface area contributed by atoms with E-state index in [4.69, 9.17) is 9.47 Å². The second-order valence-electron chi connectivity index (χ2n) is 5.00. The predicted octanol–water partition coefficient (Wildman–Crippen LogP) is 2.45. The molecule has 0 radical (unpaired) electrons. The lowest BCUT2D eigenvalue weighted by atomic mass is 10.1. The topological polar surface area (TPSA) is 43.4 Å². The van der Waals surface area contributed by atoms with Crippen LogP contribution in [0.15, 0.2) is 12.1 Å². The van der Waals surface area contributed by atoms with E-state index in [2.05, 4.69) is 17.2 Å². The third-order valence-corrected chi connectivity index (χ3v) is 3.25. The van der Waals surface area contributed by atoms with Gasteiger partial charge < -0.3 is 14.8 Å². The lowest BCUT2D eigenvalue weighted by Crippen LogP contribution is -2.27.